The highest BCUT2D eigenvalue weighted by Crippen LogP contribution is 2.13. The molecular formula is C12H12FNO4. The van der Waals surface area contributed by atoms with E-state index >= 15 is 0 Å². The van der Waals surface area contributed by atoms with Gasteiger partial charge in [-0.25, -0.2) is 4.39 Å². The van der Waals surface area contributed by atoms with E-state index in [1.54, 1.807) is 0 Å². The maximum Gasteiger partial charge on any atom is 0.306 e. The molecule has 6 heteroatoms. The molecule has 0 atom stereocenters. The van der Waals surface area contributed by atoms with E-state index in [0.717, 1.165) is 0 Å². The number of esters is 1. The summed E-state index contributed by atoms with van der Waals surface area (Å²) in [6.07, 6.45) is 1.21. The summed E-state index contributed by atoms with van der Waals surface area (Å²) in [5, 5.41) is 10.8. The third-order valence-corrected chi connectivity index (χ3v) is 2.25. The van der Waals surface area contributed by atoms with Crippen LogP contribution in [0.5, 0.6) is 0 Å². The number of ether oxygens (including phenoxy) is 1. The van der Waals surface area contributed by atoms with E-state index < -0.39 is 16.7 Å². The molecule has 0 saturated carbocycles. The fourth-order valence-corrected chi connectivity index (χ4v) is 1.30. The van der Waals surface area contributed by atoms with Crippen molar-refractivity contribution in [2.45, 2.75) is 12.8 Å². The second-order valence-electron chi connectivity index (χ2n) is 3.52. The fourth-order valence-electron chi connectivity index (χ4n) is 1.30. The number of halogens is 1. The van der Waals surface area contributed by atoms with Crippen LogP contribution in [-0.4, -0.2) is 18.0 Å². The van der Waals surface area contributed by atoms with Gasteiger partial charge in [-0.3, -0.25) is 14.9 Å². The normalized spacial score (nSPS) is 11.1. The highest BCUT2D eigenvalue weighted by Gasteiger charge is 2.13. The quantitative estimate of drug-likeness (QED) is 0.459. The zero-order valence-electron chi connectivity index (χ0n) is 9.76. The molecule has 0 radical (unpaired) electrons. The fraction of sp³-hybridized carbons (Fsp3) is 0.250. The van der Waals surface area contributed by atoms with Gasteiger partial charge in [-0.2, -0.15) is 0 Å². The molecule has 1 aromatic rings. The van der Waals surface area contributed by atoms with E-state index in [1.807, 2.05) is 0 Å². The summed E-state index contributed by atoms with van der Waals surface area (Å²) in [7, 11) is 1.22. The summed E-state index contributed by atoms with van der Waals surface area (Å²) in [5.74, 6) is -0.925. The largest absolute Gasteiger partial charge is 0.469 e. The molecule has 0 saturated heterocycles. The van der Waals surface area contributed by atoms with Gasteiger partial charge < -0.3 is 4.74 Å². The number of hydrogen-bond acceptors (Lipinski definition) is 4. The van der Waals surface area contributed by atoms with Crippen LogP contribution in [0.25, 0.3) is 6.08 Å². The van der Waals surface area contributed by atoms with Crippen LogP contribution in [0.15, 0.2) is 30.0 Å². The SMILES string of the molecule is COC(=O)CC/C(=C\c1ccc(F)cc1)[N+](=O)[O-]. The molecular weight excluding hydrogens is 241 g/mol. The lowest BCUT2D eigenvalue weighted by atomic mass is 10.1. The van der Waals surface area contributed by atoms with E-state index in [0.29, 0.717) is 5.56 Å². The Morgan fingerprint density at radius 1 is 1.39 bits per heavy atom. The number of rotatable bonds is 5. The molecule has 0 amide bonds. The zero-order valence-corrected chi connectivity index (χ0v) is 9.76. The Balaban J connectivity index is 2.81. The average molecular weight is 253 g/mol. The molecule has 0 bridgehead atoms. The summed E-state index contributed by atoms with van der Waals surface area (Å²) in [5.41, 5.74) is 0.389. The Labute approximate surface area is 103 Å². The first-order chi connectivity index (χ1) is 8.52. The van der Waals surface area contributed by atoms with Crippen molar-refractivity contribution in [2.24, 2.45) is 0 Å². The van der Waals surface area contributed by atoms with Crippen LogP contribution in [0, 0.1) is 15.9 Å². The van der Waals surface area contributed by atoms with Gasteiger partial charge >= 0.3 is 5.97 Å². The number of carbonyl (C=O) groups is 1. The first-order valence-corrected chi connectivity index (χ1v) is 5.20. The van der Waals surface area contributed by atoms with E-state index in [-0.39, 0.29) is 18.5 Å². The van der Waals surface area contributed by atoms with Gasteiger partial charge in [0, 0.05) is 12.5 Å². The van der Waals surface area contributed by atoms with Crippen molar-refractivity contribution in [3.05, 3.63) is 51.5 Å². The Kier molecular flexibility index (Phi) is 4.98. The lowest BCUT2D eigenvalue weighted by Gasteiger charge is -1.99. The van der Waals surface area contributed by atoms with Gasteiger partial charge in [0.25, 0.3) is 0 Å². The van der Waals surface area contributed by atoms with Crippen molar-refractivity contribution >= 4 is 12.0 Å². The smallest absolute Gasteiger partial charge is 0.306 e. The summed E-state index contributed by atoms with van der Waals surface area (Å²) < 4.78 is 17.1. The van der Waals surface area contributed by atoms with Crippen molar-refractivity contribution in [3.8, 4) is 0 Å². The molecule has 1 aromatic carbocycles. The minimum absolute atomic E-state index is 0.0307. The maximum absolute atomic E-state index is 12.7. The number of allylic oxidation sites excluding steroid dienone is 1. The Morgan fingerprint density at radius 2 is 2.00 bits per heavy atom. The van der Waals surface area contributed by atoms with Gasteiger partial charge in [0.15, 0.2) is 0 Å². The third-order valence-electron chi connectivity index (χ3n) is 2.25. The lowest BCUT2D eigenvalue weighted by Crippen LogP contribution is -2.05. The summed E-state index contributed by atoms with van der Waals surface area (Å²) >= 11 is 0. The average Bonchev–Trinajstić information content (AvgIpc) is 2.35. The van der Waals surface area contributed by atoms with Crippen molar-refractivity contribution in [2.75, 3.05) is 7.11 Å². The second kappa shape index (κ2) is 6.48. The van der Waals surface area contributed by atoms with Crippen LogP contribution in [0.2, 0.25) is 0 Å². The van der Waals surface area contributed by atoms with Crippen LogP contribution in [0.3, 0.4) is 0 Å². The van der Waals surface area contributed by atoms with Crippen molar-refractivity contribution in [3.63, 3.8) is 0 Å². The van der Waals surface area contributed by atoms with Crippen molar-refractivity contribution in [1.29, 1.82) is 0 Å². The van der Waals surface area contributed by atoms with Gasteiger partial charge in [0.1, 0.15) is 5.82 Å². The number of nitrogens with zero attached hydrogens (tertiary/aromatic N) is 1. The van der Waals surface area contributed by atoms with Gasteiger partial charge in [-0.15, -0.1) is 0 Å². The van der Waals surface area contributed by atoms with Crippen molar-refractivity contribution in [1.82, 2.24) is 0 Å². The number of methoxy groups -OCH3 is 1. The molecule has 1 rings (SSSR count). The Morgan fingerprint density at radius 3 is 2.50 bits per heavy atom. The Hall–Kier alpha value is -2.24. The second-order valence-corrected chi connectivity index (χ2v) is 3.52. The van der Waals surface area contributed by atoms with Gasteiger partial charge in [-0.05, 0) is 17.7 Å². The molecule has 96 valence electrons. The monoisotopic (exact) mass is 253 g/mol. The Bertz CT molecular complexity index is 467. The topological polar surface area (TPSA) is 69.4 Å². The number of benzene rings is 1. The predicted octanol–water partition coefficient (Wildman–Crippen LogP) is 2.40. The maximum atomic E-state index is 12.7. The summed E-state index contributed by atoms with van der Waals surface area (Å²) in [6, 6.07) is 5.28. The minimum atomic E-state index is -0.563. The highest BCUT2D eigenvalue weighted by atomic mass is 19.1. The standard InChI is InChI=1S/C12H12FNO4/c1-18-12(15)7-6-11(14(16)17)8-9-2-4-10(13)5-3-9/h2-5,8H,6-7H2,1H3/b11-8+. The first kappa shape index (κ1) is 13.8. The lowest BCUT2D eigenvalue weighted by molar-refractivity contribution is -0.426. The highest BCUT2D eigenvalue weighted by molar-refractivity contribution is 5.69. The van der Waals surface area contributed by atoms with Crippen LogP contribution in [-0.2, 0) is 9.53 Å². The molecule has 0 aliphatic heterocycles. The molecule has 18 heavy (non-hydrogen) atoms. The van der Waals surface area contributed by atoms with Crippen molar-refractivity contribution < 1.29 is 18.8 Å². The molecule has 0 heterocycles. The molecule has 0 spiro atoms. The van der Waals surface area contributed by atoms with Crippen LogP contribution < -0.4 is 0 Å². The zero-order chi connectivity index (χ0) is 13.5. The molecule has 5 nitrogen and oxygen atoms in total. The van der Waals surface area contributed by atoms with Crippen LogP contribution in [0.1, 0.15) is 18.4 Å². The van der Waals surface area contributed by atoms with E-state index in [1.165, 1.54) is 37.5 Å². The predicted molar refractivity (Wildman–Crippen MR) is 62.6 cm³/mol. The number of hydrogen-bond donors (Lipinski definition) is 0. The van der Waals surface area contributed by atoms with Gasteiger partial charge in [0.2, 0.25) is 5.70 Å². The molecule has 0 aliphatic rings. The van der Waals surface area contributed by atoms with Gasteiger partial charge in [-0.1, -0.05) is 12.1 Å². The third kappa shape index (κ3) is 4.32. The van der Waals surface area contributed by atoms with E-state index in [9.17, 15) is 19.3 Å². The molecule has 0 aromatic heterocycles. The van der Waals surface area contributed by atoms with Crippen LogP contribution in [0.4, 0.5) is 4.39 Å². The summed E-state index contributed by atoms with van der Waals surface area (Å²) in [4.78, 5) is 21.1. The summed E-state index contributed by atoms with van der Waals surface area (Å²) in [6.45, 7) is 0. The minimum Gasteiger partial charge on any atom is -0.469 e. The molecule has 0 N–H and O–H groups in total. The number of carbonyl (C=O) groups excluding carboxylic acids is 1. The molecule has 0 fully saturated rings. The number of nitro groups is 1. The molecule has 0 unspecified atom stereocenters. The molecule has 0 aliphatic carbocycles. The first-order valence-electron chi connectivity index (χ1n) is 5.20. The van der Waals surface area contributed by atoms with Crippen LogP contribution >= 0.6 is 0 Å². The van der Waals surface area contributed by atoms with Gasteiger partial charge in [0.05, 0.1) is 18.5 Å². The van der Waals surface area contributed by atoms with E-state index in [4.69, 9.17) is 0 Å². The van der Waals surface area contributed by atoms with E-state index in [2.05, 4.69) is 4.74 Å².